The van der Waals surface area contributed by atoms with E-state index < -0.39 is 5.91 Å². The first-order chi connectivity index (χ1) is 13.6. The zero-order chi connectivity index (χ0) is 19.5. The van der Waals surface area contributed by atoms with E-state index in [2.05, 4.69) is 10.4 Å². The lowest BCUT2D eigenvalue weighted by atomic mass is 10.2. The quantitative estimate of drug-likeness (QED) is 0.761. The first-order valence-electron chi connectivity index (χ1n) is 9.00. The average Bonchev–Trinajstić information content (AvgIpc) is 3.15. The van der Waals surface area contributed by atoms with E-state index in [0.717, 1.165) is 6.42 Å². The van der Waals surface area contributed by atoms with Crippen LogP contribution in [0, 0.1) is 0 Å². The normalized spacial score (nSPS) is 13.6. The van der Waals surface area contributed by atoms with Gasteiger partial charge < -0.3 is 10.2 Å². The monoisotopic (exact) mass is 374 g/mol. The number of para-hydroxylation sites is 3. The van der Waals surface area contributed by atoms with Crippen molar-refractivity contribution in [2.45, 2.75) is 12.8 Å². The number of carbonyl (C=O) groups excluding carboxylic acids is 2. The van der Waals surface area contributed by atoms with Crippen molar-refractivity contribution >= 4 is 23.2 Å². The van der Waals surface area contributed by atoms with Gasteiger partial charge in [-0.2, -0.15) is 9.78 Å². The van der Waals surface area contributed by atoms with Crippen molar-refractivity contribution in [3.8, 4) is 5.69 Å². The Kier molecular flexibility index (Phi) is 4.72. The fraction of sp³-hybridized carbons (Fsp3) is 0.143. The molecule has 0 bridgehead atoms. The summed E-state index contributed by atoms with van der Waals surface area (Å²) < 4.78 is 1.19. The molecule has 0 saturated carbocycles. The van der Waals surface area contributed by atoms with Crippen LogP contribution in [0.1, 0.15) is 23.3 Å². The van der Waals surface area contributed by atoms with Crippen LogP contribution in [0.3, 0.4) is 0 Å². The Hall–Kier alpha value is -3.74. The third-order valence-electron chi connectivity index (χ3n) is 4.55. The molecule has 7 heteroatoms. The van der Waals surface area contributed by atoms with Gasteiger partial charge in [-0.3, -0.25) is 14.4 Å². The summed E-state index contributed by atoms with van der Waals surface area (Å²) >= 11 is 0. The summed E-state index contributed by atoms with van der Waals surface area (Å²) in [7, 11) is 0. The third-order valence-corrected chi connectivity index (χ3v) is 4.55. The van der Waals surface area contributed by atoms with Gasteiger partial charge in [-0.1, -0.05) is 30.3 Å². The van der Waals surface area contributed by atoms with E-state index in [0.29, 0.717) is 30.0 Å². The van der Waals surface area contributed by atoms with E-state index in [4.69, 9.17) is 0 Å². The molecule has 3 aromatic rings. The van der Waals surface area contributed by atoms with Gasteiger partial charge in [0.1, 0.15) is 5.69 Å². The average molecular weight is 374 g/mol. The molecule has 28 heavy (non-hydrogen) atoms. The van der Waals surface area contributed by atoms with E-state index in [1.165, 1.54) is 16.8 Å². The van der Waals surface area contributed by atoms with Crippen molar-refractivity contribution in [2.24, 2.45) is 0 Å². The smallest absolute Gasteiger partial charge is 0.276 e. The molecule has 0 atom stereocenters. The van der Waals surface area contributed by atoms with Crippen molar-refractivity contribution in [1.82, 2.24) is 9.78 Å². The standard InChI is InChI=1S/C21H18N4O3/c26-19-11-6-14-24(19)18-10-5-4-9-16(18)22-21(28)17-12-13-20(27)25(23-17)15-7-2-1-3-8-15/h1-5,7-10,12-13H,6,11,14H2,(H,22,28). The fourth-order valence-electron chi connectivity index (χ4n) is 3.19. The number of hydrogen-bond donors (Lipinski definition) is 1. The number of carbonyl (C=O) groups is 2. The zero-order valence-corrected chi connectivity index (χ0v) is 15.0. The minimum absolute atomic E-state index is 0.0393. The topological polar surface area (TPSA) is 84.3 Å². The molecule has 2 aromatic carbocycles. The first-order valence-corrected chi connectivity index (χ1v) is 9.00. The van der Waals surface area contributed by atoms with Gasteiger partial charge in [-0.25, -0.2) is 0 Å². The number of amides is 2. The molecule has 1 N–H and O–H groups in total. The maximum Gasteiger partial charge on any atom is 0.276 e. The van der Waals surface area contributed by atoms with Gasteiger partial charge in [0, 0.05) is 19.0 Å². The van der Waals surface area contributed by atoms with Crippen molar-refractivity contribution in [2.75, 3.05) is 16.8 Å². The molecule has 1 saturated heterocycles. The number of rotatable bonds is 4. The minimum atomic E-state index is -0.455. The molecule has 7 nitrogen and oxygen atoms in total. The van der Waals surface area contributed by atoms with Crippen LogP contribution < -0.4 is 15.8 Å². The number of nitrogens with zero attached hydrogens (tertiary/aromatic N) is 3. The summed E-state index contributed by atoms with van der Waals surface area (Å²) in [6, 6.07) is 18.8. The highest BCUT2D eigenvalue weighted by atomic mass is 16.2. The molecule has 0 unspecified atom stereocenters. The van der Waals surface area contributed by atoms with Gasteiger partial charge in [0.15, 0.2) is 0 Å². The summed E-state index contributed by atoms with van der Waals surface area (Å²) in [6.07, 6.45) is 1.30. The molecular formula is C21H18N4O3. The number of hydrogen-bond acceptors (Lipinski definition) is 4. The van der Waals surface area contributed by atoms with Crippen molar-refractivity contribution in [3.05, 3.63) is 82.8 Å². The SMILES string of the molecule is O=C(Nc1ccccc1N1CCCC1=O)c1ccc(=O)n(-c2ccccc2)n1. The summed E-state index contributed by atoms with van der Waals surface area (Å²) in [6.45, 7) is 0.628. The van der Waals surface area contributed by atoms with Crippen LogP contribution >= 0.6 is 0 Å². The summed E-state index contributed by atoms with van der Waals surface area (Å²) in [5, 5.41) is 7.00. The van der Waals surface area contributed by atoms with Gasteiger partial charge in [-0.15, -0.1) is 0 Å². The van der Waals surface area contributed by atoms with Crippen LogP contribution in [-0.2, 0) is 4.79 Å². The van der Waals surface area contributed by atoms with E-state index in [9.17, 15) is 14.4 Å². The lowest BCUT2D eigenvalue weighted by Gasteiger charge is -2.19. The number of benzene rings is 2. The molecule has 0 aliphatic carbocycles. The minimum Gasteiger partial charge on any atom is -0.319 e. The van der Waals surface area contributed by atoms with Gasteiger partial charge in [-0.05, 0) is 36.8 Å². The van der Waals surface area contributed by atoms with E-state index in [-0.39, 0.29) is 17.2 Å². The lowest BCUT2D eigenvalue weighted by molar-refractivity contribution is -0.117. The Morgan fingerprint density at radius 2 is 1.68 bits per heavy atom. The molecule has 4 rings (SSSR count). The number of nitrogens with one attached hydrogen (secondary N) is 1. The Bertz CT molecular complexity index is 1090. The molecule has 2 heterocycles. The Morgan fingerprint density at radius 1 is 0.929 bits per heavy atom. The van der Waals surface area contributed by atoms with Gasteiger partial charge in [0.05, 0.1) is 17.1 Å². The van der Waals surface area contributed by atoms with Gasteiger partial charge in [0.25, 0.3) is 11.5 Å². The molecule has 1 aromatic heterocycles. The van der Waals surface area contributed by atoms with Crippen LogP contribution in [0.25, 0.3) is 5.69 Å². The Morgan fingerprint density at radius 3 is 2.43 bits per heavy atom. The summed E-state index contributed by atoms with van der Waals surface area (Å²) in [5.74, 6) is -0.416. The molecule has 0 radical (unpaired) electrons. The molecule has 1 fully saturated rings. The molecule has 0 spiro atoms. The van der Waals surface area contributed by atoms with Gasteiger partial charge in [0.2, 0.25) is 5.91 Å². The highest BCUT2D eigenvalue weighted by Crippen LogP contribution is 2.29. The second-order valence-electron chi connectivity index (χ2n) is 6.42. The second-order valence-corrected chi connectivity index (χ2v) is 6.42. The molecule has 2 amide bonds. The maximum atomic E-state index is 12.8. The van der Waals surface area contributed by atoms with Crippen molar-refractivity contribution in [3.63, 3.8) is 0 Å². The highest BCUT2D eigenvalue weighted by Gasteiger charge is 2.24. The Labute approximate surface area is 161 Å². The summed E-state index contributed by atoms with van der Waals surface area (Å²) in [4.78, 5) is 38.7. The van der Waals surface area contributed by atoms with E-state index >= 15 is 0 Å². The third kappa shape index (κ3) is 3.42. The van der Waals surface area contributed by atoms with Crippen LogP contribution in [0.5, 0.6) is 0 Å². The number of anilines is 2. The molecular weight excluding hydrogens is 356 g/mol. The van der Waals surface area contributed by atoms with E-state index in [1.54, 1.807) is 47.4 Å². The first kappa shape index (κ1) is 17.7. The zero-order valence-electron chi connectivity index (χ0n) is 15.0. The van der Waals surface area contributed by atoms with Gasteiger partial charge >= 0.3 is 0 Å². The predicted octanol–water partition coefficient (Wildman–Crippen LogP) is 2.61. The van der Waals surface area contributed by atoms with E-state index in [1.807, 2.05) is 12.1 Å². The molecule has 140 valence electrons. The lowest BCUT2D eigenvalue weighted by Crippen LogP contribution is -2.27. The summed E-state index contributed by atoms with van der Waals surface area (Å²) in [5.41, 5.74) is 1.54. The van der Waals surface area contributed by atoms with Crippen LogP contribution in [0.2, 0.25) is 0 Å². The highest BCUT2D eigenvalue weighted by molar-refractivity contribution is 6.07. The number of aromatic nitrogens is 2. The van der Waals surface area contributed by atoms with Crippen molar-refractivity contribution < 1.29 is 9.59 Å². The van der Waals surface area contributed by atoms with Crippen LogP contribution in [0.4, 0.5) is 11.4 Å². The largest absolute Gasteiger partial charge is 0.319 e. The Balaban J connectivity index is 1.64. The second kappa shape index (κ2) is 7.48. The van der Waals surface area contributed by atoms with Crippen molar-refractivity contribution in [1.29, 1.82) is 0 Å². The molecule has 1 aliphatic heterocycles. The van der Waals surface area contributed by atoms with Crippen LogP contribution in [0.15, 0.2) is 71.5 Å². The molecule has 1 aliphatic rings. The maximum absolute atomic E-state index is 12.8. The fourth-order valence-corrected chi connectivity index (χ4v) is 3.19. The predicted molar refractivity (Wildman–Crippen MR) is 106 cm³/mol. The van der Waals surface area contributed by atoms with Crippen LogP contribution in [-0.4, -0.2) is 28.1 Å².